The van der Waals surface area contributed by atoms with Crippen LogP contribution in [0.15, 0.2) is 0 Å². The maximum Gasteiger partial charge on any atom is 0.347 e. The molecule has 0 heterocycles. The van der Waals surface area contributed by atoms with E-state index in [4.69, 9.17) is 18.9 Å². The maximum absolute atomic E-state index is 11.6. The van der Waals surface area contributed by atoms with E-state index in [0.717, 1.165) is 0 Å². The van der Waals surface area contributed by atoms with Gasteiger partial charge in [-0.3, -0.25) is 4.79 Å². The number of carbonyl (C=O) groups excluding carboxylic acids is 4. The fourth-order valence-electron chi connectivity index (χ4n) is 1.48. The minimum Gasteiger partial charge on any atom is -0.463 e. The van der Waals surface area contributed by atoms with Crippen LogP contribution in [0.2, 0.25) is 0 Å². The van der Waals surface area contributed by atoms with Crippen LogP contribution in [0.1, 0.15) is 47.0 Å². The van der Waals surface area contributed by atoms with E-state index in [1.807, 2.05) is 6.92 Å². The molecule has 0 amide bonds. The van der Waals surface area contributed by atoms with Gasteiger partial charge in [0.25, 0.3) is 0 Å². The molecule has 0 spiro atoms. The Bertz CT molecular complexity index is 461. The van der Waals surface area contributed by atoms with Gasteiger partial charge in [-0.05, 0) is 26.7 Å². The molecule has 0 radical (unpaired) electrons. The first-order valence-electron chi connectivity index (χ1n) is 8.14. The van der Waals surface area contributed by atoms with Crippen molar-refractivity contribution < 1.29 is 43.2 Å². The van der Waals surface area contributed by atoms with Gasteiger partial charge in [-0.25, -0.2) is 14.4 Å². The summed E-state index contributed by atoms with van der Waals surface area (Å²) in [5.74, 6) is -3.62. The summed E-state index contributed by atoms with van der Waals surface area (Å²) in [7, 11) is 0. The SMILES string of the molecule is CCCOC(=O)C(C)OC(=O)CC(O)C(=O)OC(C)C(=O)OCCC. The minimum atomic E-state index is -1.83. The molecule has 9 nitrogen and oxygen atoms in total. The Morgan fingerprint density at radius 1 is 0.800 bits per heavy atom. The van der Waals surface area contributed by atoms with E-state index in [9.17, 15) is 24.3 Å². The zero-order chi connectivity index (χ0) is 19.4. The first-order valence-corrected chi connectivity index (χ1v) is 8.14. The molecule has 0 fully saturated rings. The number of aliphatic hydroxyl groups is 1. The molecular weight excluding hydrogens is 336 g/mol. The predicted molar refractivity (Wildman–Crippen MR) is 84.2 cm³/mol. The van der Waals surface area contributed by atoms with Crippen LogP contribution in [-0.4, -0.2) is 60.5 Å². The summed E-state index contributed by atoms with van der Waals surface area (Å²) in [6.07, 6.45) is -3.69. The summed E-state index contributed by atoms with van der Waals surface area (Å²) >= 11 is 0. The van der Waals surface area contributed by atoms with Crippen molar-refractivity contribution in [3.05, 3.63) is 0 Å². The Labute approximate surface area is 146 Å². The Kier molecular flexibility index (Phi) is 11.2. The quantitative estimate of drug-likeness (QED) is 0.413. The zero-order valence-corrected chi connectivity index (χ0v) is 15.0. The number of ether oxygens (including phenoxy) is 4. The van der Waals surface area contributed by atoms with Gasteiger partial charge in [0.2, 0.25) is 0 Å². The average Bonchev–Trinajstić information content (AvgIpc) is 2.56. The lowest BCUT2D eigenvalue weighted by atomic mass is 10.2. The first-order chi connectivity index (χ1) is 11.7. The monoisotopic (exact) mass is 362 g/mol. The lowest BCUT2D eigenvalue weighted by Gasteiger charge is -2.16. The first kappa shape index (κ1) is 22.8. The van der Waals surface area contributed by atoms with Gasteiger partial charge in [0.15, 0.2) is 18.3 Å². The second-order valence-corrected chi connectivity index (χ2v) is 5.27. The van der Waals surface area contributed by atoms with Crippen LogP contribution >= 0.6 is 0 Å². The molecule has 0 saturated carbocycles. The Balaban J connectivity index is 4.31. The molecule has 0 rings (SSSR count). The largest absolute Gasteiger partial charge is 0.463 e. The highest BCUT2D eigenvalue weighted by Crippen LogP contribution is 2.05. The molecule has 9 heteroatoms. The number of aliphatic hydroxyl groups excluding tert-OH is 1. The normalized spacial score (nSPS) is 14.0. The molecule has 0 aliphatic heterocycles. The molecule has 0 saturated heterocycles. The lowest BCUT2D eigenvalue weighted by Crippen LogP contribution is -2.34. The van der Waals surface area contributed by atoms with E-state index in [1.54, 1.807) is 6.92 Å². The van der Waals surface area contributed by atoms with Gasteiger partial charge in [-0.2, -0.15) is 0 Å². The number of carbonyl (C=O) groups is 4. The van der Waals surface area contributed by atoms with Crippen LogP contribution in [0.4, 0.5) is 0 Å². The molecule has 25 heavy (non-hydrogen) atoms. The molecular formula is C16H26O9. The third kappa shape index (κ3) is 9.65. The van der Waals surface area contributed by atoms with Crippen LogP contribution in [0, 0.1) is 0 Å². The Morgan fingerprint density at radius 2 is 1.24 bits per heavy atom. The standard InChI is InChI=1S/C16H26O9/c1-5-7-22-14(19)10(3)24-13(18)9-12(17)16(21)25-11(4)15(20)23-8-6-2/h10-12,17H,5-9H2,1-4H3. The van der Waals surface area contributed by atoms with E-state index < -0.39 is 48.6 Å². The van der Waals surface area contributed by atoms with E-state index in [2.05, 4.69) is 0 Å². The summed E-state index contributed by atoms with van der Waals surface area (Å²) in [5, 5.41) is 9.64. The summed E-state index contributed by atoms with van der Waals surface area (Å²) in [6, 6.07) is 0. The van der Waals surface area contributed by atoms with Gasteiger partial charge >= 0.3 is 23.9 Å². The van der Waals surface area contributed by atoms with E-state index in [0.29, 0.717) is 12.8 Å². The third-order valence-electron chi connectivity index (χ3n) is 2.79. The van der Waals surface area contributed by atoms with Crippen LogP contribution < -0.4 is 0 Å². The van der Waals surface area contributed by atoms with Crippen LogP contribution in [0.5, 0.6) is 0 Å². The Morgan fingerprint density at radius 3 is 1.68 bits per heavy atom. The van der Waals surface area contributed by atoms with Crippen molar-refractivity contribution in [3.8, 4) is 0 Å². The summed E-state index contributed by atoms with van der Waals surface area (Å²) < 4.78 is 19.1. The van der Waals surface area contributed by atoms with Crippen molar-refractivity contribution in [1.29, 1.82) is 0 Å². The highest BCUT2D eigenvalue weighted by atomic mass is 16.6. The van der Waals surface area contributed by atoms with E-state index in [1.165, 1.54) is 13.8 Å². The molecule has 144 valence electrons. The van der Waals surface area contributed by atoms with Crippen LogP contribution in [0.25, 0.3) is 0 Å². The molecule has 0 bridgehead atoms. The van der Waals surface area contributed by atoms with Crippen molar-refractivity contribution in [1.82, 2.24) is 0 Å². The second-order valence-electron chi connectivity index (χ2n) is 5.27. The molecule has 0 aliphatic rings. The van der Waals surface area contributed by atoms with Gasteiger partial charge < -0.3 is 24.1 Å². The third-order valence-corrected chi connectivity index (χ3v) is 2.79. The van der Waals surface area contributed by atoms with Crippen molar-refractivity contribution in [2.75, 3.05) is 13.2 Å². The van der Waals surface area contributed by atoms with Gasteiger partial charge in [-0.1, -0.05) is 13.8 Å². The van der Waals surface area contributed by atoms with E-state index >= 15 is 0 Å². The number of rotatable bonds is 11. The topological polar surface area (TPSA) is 125 Å². The highest BCUT2D eigenvalue weighted by molar-refractivity contribution is 5.85. The summed E-state index contributed by atoms with van der Waals surface area (Å²) in [5.41, 5.74) is 0. The fraction of sp³-hybridized carbons (Fsp3) is 0.750. The highest BCUT2D eigenvalue weighted by Gasteiger charge is 2.28. The number of hydrogen-bond donors (Lipinski definition) is 1. The minimum absolute atomic E-state index is 0.182. The van der Waals surface area contributed by atoms with Crippen molar-refractivity contribution in [3.63, 3.8) is 0 Å². The molecule has 0 aromatic rings. The van der Waals surface area contributed by atoms with Crippen LogP contribution in [-0.2, 0) is 38.1 Å². The number of esters is 4. The van der Waals surface area contributed by atoms with E-state index in [-0.39, 0.29) is 13.2 Å². The molecule has 3 atom stereocenters. The Hall–Kier alpha value is -2.16. The summed E-state index contributed by atoms with van der Waals surface area (Å²) in [6.45, 7) is 6.59. The molecule has 0 aromatic carbocycles. The lowest BCUT2D eigenvalue weighted by molar-refractivity contribution is -0.175. The average molecular weight is 362 g/mol. The molecule has 0 aromatic heterocycles. The molecule has 0 aliphatic carbocycles. The van der Waals surface area contributed by atoms with Crippen molar-refractivity contribution in [2.24, 2.45) is 0 Å². The van der Waals surface area contributed by atoms with Gasteiger partial charge in [-0.15, -0.1) is 0 Å². The molecule has 3 unspecified atom stereocenters. The smallest absolute Gasteiger partial charge is 0.347 e. The fourth-order valence-corrected chi connectivity index (χ4v) is 1.48. The number of hydrogen-bond acceptors (Lipinski definition) is 9. The van der Waals surface area contributed by atoms with Crippen molar-refractivity contribution in [2.45, 2.75) is 65.3 Å². The predicted octanol–water partition coefficient (Wildman–Crippen LogP) is 0.507. The van der Waals surface area contributed by atoms with Gasteiger partial charge in [0, 0.05) is 0 Å². The second kappa shape index (κ2) is 12.2. The van der Waals surface area contributed by atoms with Crippen molar-refractivity contribution >= 4 is 23.9 Å². The summed E-state index contributed by atoms with van der Waals surface area (Å²) in [4.78, 5) is 46.2. The maximum atomic E-state index is 11.6. The van der Waals surface area contributed by atoms with Gasteiger partial charge in [0.1, 0.15) is 0 Å². The van der Waals surface area contributed by atoms with Crippen LogP contribution in [0.3, 0.4) is 0 Å². The zero-order valence-electron chi connectivity index (χ0n) is 15.0. The molecule has 1 N–H and O–H groups in total. The van der Waals surface area contributed by atoms with Gasteiger partial charge in [0.05, 0.1) is 19.6 Å².